The first kappa shape index (κ1) is 14.8. The molecule has 0 aliphatic rings. The second-order valence-corrected chi connectivity index (χ2v) is 4.03. The van der Waals surface area contributed by atoms with Crippen molar-refractivity contribution in [1.82, 2.24) is 0 Å². The molecule has 0 aromatic heterocycles. The summed E-state index contributed by atoms with van der Waals surface area (Å²) in [5.41, 5.74) is 6.07. The van der Waals surface area contributed by atoms with Crippen molar-refractivity contribution in [2.24, 2.45) is 5.73 Å². The summed E-state index contributed by atoms with van der Waals surface area (Å²) in [4.78, 5) is 0. The molecule has 2 rings (SSSR count). The van der Waals surface area contributed by atoms with E-state index in [0.717, 1.165) is 10.8 Å². The SMILES string of the molecule is Cl.N[C@H](CC(F)(F)F)c1ccc2ccccc2c1. The Labute approximate surface area is 109 Å². The molecular formula is C13H13ClF3N. The summed E-state index contributed by atoms with van der Waals surface area (Å²) in [5.74, 6) is 0. The largest absolute Gasteiger partial charge is 0.390 e. The predicted molar refractivity (Wildman–Crippen MR) is 68.8 cm³/mol. The average Bonchev–Trinajstić information content (AvgIpc) is 2.26. The first-order chi connectivity index (χ1) is 7.96. The minimum atomic E-state index is -4.23. The Morgan fingerprint density at radius 1 is 1.00 bits per heavy atom. The molecule has 0 fully saturated rings. The maximum Gasteiger partial charge on any atom is 0.390 e. The van der Waals surface area contributed by atoms with E-state index in [2.05, 4.69) is 0 Å². The van der Waals surface area contributed by atoms with Gasteiger partial charge in [-0.15, -0.1) is 12.4 Å². The van der Waals surface area contributed by atoms with Gasteiger partial charge < -0.3 is 5.73 Å². The van der Waals surface area contributed by atoms with Crippen LogP contribution < -0.4 is 5.73 Å². The van der Waals surface area contributed by atoms with Gasteiger partial charge >= 0.3 is 6.18 Å². The zero-order valence-corrected chi connectivity index (χ0v) is 10.3. The predicted octanol–water partition coefficient (Wildman–Crippen LogP) is 4.21. The third kappa shape index (κ3) is 3.62. The van der Waals surface area contributed by atoms with Crippen molar-refractivity contribution >= 4 is 23.2 Å². The molecule has 0 saturated heterocycles. The Kier molecular flexibility index (Phi) is 4.59. The van der Waals surface area contributed by atoms with Crippen molar-refractivity contribution in [3.63, 3.8) is 0 Å². The molecular weight excluding hydrogens is 263 g/mol. The summed E-state index contributed by atoms with van der Waals surface area (Å²) in [7, 11) is 0. The number of halogens is 4. The lowest BCUT2D eigenvalue weighted by Crippen LogP contribution is -2.20. The summed E-state index contributed by atoms with van der Waals surface area (Å²) < 4.78 is 36.7. The van der Waals surface area contributed by atoms with Crippen molar-refractivity contribution in [2.75, 3.05) is 0 Å². The first-order valence-electron chi connectivity index (χ1n) is 5.27. The van der Waals surface area contributed by atoms with E-state index in [0.29, 0.717) is 5.56 Å². The lowest BCUT2D eigenvalue weighted by atomic mass is 10.0. The zero-order chi connectivity index (χ0) is 12.5. The fraction of sp³-hybridized carbons (Fsp3) is 0.231. The number of fused-ring (bicyclic) bond motifs is 1. The first-order valence-corrected chi connectivity index (χ1v) is 5.27. The van der Waals surface area contributed by atoms with Gasteiger partial charge in [-0.3, -0.25) is 0 Å². The molecule has 0 amide bonds. The van der Waals surface area contributed by atoms with Crippen molar-refractivity contribution in [3.8, 4) is 0 Å². The minimum absolute atomic E-state index is 0. The Hall–Kier alpha value is -1.26. The zero-order valence-electron chi connectivity index (χ0n) is 9.45. The Morgan fingerprint density at radius 3 is 2.22 bits per heavy atom. The van der Waals surface area contributed by atoms with Gasteiger partial charge in [0.1, 0.15) is 0 Å². The van der Waals surface area contributed by atoms with Crippen molar-refractivity contribution < 1.29 is 13.2 Å². The van der Waals surface area contributed by atoms with Crippen LogP contribution in [0.25, 0.3) is 10.8 Å². The molecule has 98 valence electrons. The van der Waals surface area contributed by atoms with E-state index in [1.165, 1.54) is 0 Å². The van der Waals surface area contributed by atoms with Crippen LogP contribution in [0.2, 0.25) is 0 Å². The van der Waals surface area contributed by atoms with E-state index in [1.807, 2.05) is 24.3 Å². The molecule has 0 spiro atoms. The Morgan fingerprint density at radius 2 is 1.61 bits per heavy atom. The van der Waals surface area contributed by atoms with E-state index in [1.54, 1.807) is 18.2 Å². The Bertz CT molecular complexity index is 525. The van der Waals surface area contributed by atoms with Crippen LogP contribution in [0, 0.1) is 0 Å². The fourth-order valence-corrected chi connectivity index (χ4v) is 1.81. The van der Waals surface area contributed by atoms with Crippen molar-refractivity contribution in [1.29, 1.82) is 0 Å². The van der Waals surface area contributed by atoms with E-state index in [-0.39, 0.29) is 12.4 Å². The topological polar surface area (TPSA) is 26.0 Å². The number of nitrogens with two attached hydrogens (primary N) is 1. The molecule has 2 N–H and O–H groups in total. The second kappa shape index (κ2) is 5.59. The minimum Gasteiger partial charge on any atom is -0.324 e. The molecule has 0 bridgehead atoms. The van der Waals surface area contributed by atoms with Crippen LogP contribution in [0.5, 0.6) is 0 Å². The van der Waals surface area contributed by atoms with Gasteiger partial charge in [-0.1, -0.05) is 36.4 Å². The van der Waals surface area contributed by atoms with Crippen molar-refractivity contribution in [2.45, 2.75) is 18.6 Å². The monoisotopic (exact) mass is 275 g/mol. The van der Waals surface area contributed by atoms with E-state index < -0.39 is 18.6 Å². The lowest BCUT2D eigenvalue weighted by Gasteiger charge is -2.15. The highest BCUT2D eigenvalue weighted by molar-refractivity contribution is 5.85. The summed E-state index contributed by atoms with van der Waals surface area (Å²) in [6.45, 7) is 0. The number of rotatable bonds is 2. The van der Waals surface area contributed by atoms with Crippen LogP contribution in [0.4, 0.5) is 13.2 Å². The van der Waals surface area contributed by atoms with Gasteiger partial charge in [0.2, 0.25) is 0 Å². The summed E-state index contributed by atoms with van der Waals surface area (Å²) >= 11 is 0. The molecule has 18 heavy (non-hydrogen) atoms. The highest BCUT2D eigenvalue weighted by atomic mass is 35.5. The average molecular weight is 276 g/mol. The van der Waals surface area contributed by atoms with Crippen LogP contribution in [0.3, 0.4) is 0 Å². The van der Waals surface area contributed by atoms with Crippen LogP contribution in [-0.4, -0.2) is 6.18 Å². The van der Waals surface area contributed by atoms with E-state index in [9.17, 15) is 13.2 Å². The molecule has 2 aromatic rings. The molecule has 0 aliphatic carbocycles. The fourth-order valence-electron chi connectivity index (χ4n) is 1.81. The Balaban J connectivity index is 0.00000162. The van der Waals surface area contributed by atoms with Crippen LogP contribution in [0.1, 0.15) is 18.0 Å². The van der Waals surface area contributed by atoms with Gasteiger partial charge in [0.15, 0.2) is 0 Å². The maximum atomic E-state index is 12.2. The molecule has 0 radical (unpaired) electrons. The summed E-state index contributed by atoms with van der Waals surface area (Å²) in [5, 5.41) is 1.90. The van der Waals surface area contributed by atoms with Gasteiger partial charge in [-0.2, -0.15) is 13.2 Å². The van der Waals surface area contributed by atoms with Gasteiger partial charge in [-0.05, 0) is 22.4 Å². The van der Waals surface area contributed by atoms with Crippen LogP contribution >= 0.6 is 12.4 Å². The van der Waals surface area contributed by atoms with Crippen LogP contribution in [-0.2, 0) is 0 Å². The molecule has 0 heterocycles. The lowest BCUT2D eigenvalue weighted by molar-refractivity contribution is -0.138. The standard InChI is InChI=1S/C13H12F3N.ClH/c14-13(15,16)8-12(17)11-6-5-9-3-1-2-4-10(9)7-11;/h1-7,12H,8,17H2;1H/t12-;/m1./s1. The van der Waals surface area contributed by atoms with E-state index >= 15 is 0 Å². The number of benzene rings is 2. The maximum absolute atomic E-state index is 12.2. The second-order valence-electron chi connectivity index (χ2n) is 4.03. The molecule has 1 atom stereocenters. The van der Waals surface area contributed by atoms with Gasteiger partial charge in [0.05, 0.1) is 6.42 Å². The highest BCUT2D eigenvalue weighted by Gasteiger charge is 2.30. The number of hydrogen-bond donors (Lipinski definition) is 1. The highest BCUT2D eigenvalue weighted by Crippen LogP contribution is 2.29. The summed E-state index contributed by atoms with van der Waals surface area (Å²) in [6.07, 6.45) is -5.23. The smallest absolute Gasteiger partial charge is 0.324 e. The molecule has 0 saturated carbocycles. The third-order valence-electron chi connectivity index (χ3n) is 2.65. The summed E-state index contributed by atoms with van der Waals surface area (Å²) in [6, 6.07) is 11.7. The molecule has 0 unspecified atom stereocenters. The van der Waals surface area contributed by atoms with E-state index in [4.69, 9.17) is 5.73 Å². The molecule has 1 nitrogen and oxygen atoms in total. The quantitative estimate of drug-likeness (QED) is 0.873. The van der Waals surface area contributed by atoms with Crippen LogP contribution in [0.15, 0.2) is 42.5 Å². The third-order valence-corrected chi connectivity index (χ3v) is 2.65. The molecule has 5 heteroatoms. The molecule has 2 aromatic carbocycles. The van der Waals surface area contributed by atoms with Gasteiger partial charge in [0, 0.05) is 6.04 Å². The van der Waals surface area contributed by atoms with Crippen molar-refractivity contribution in [3.05, 3.63) is 48.0 Å². The number of alkyl halides is 3. The van der Waals surface area contributed by atoms with Gasteiger partial charge in [-0.25, -0.2) is 0 Å². The number of hydrogen-bond acceptors (Lipinski definition) is 1. The van der Waals surface area contributed by atoms with Gasteiger partial charge in [0.25, 0.3) is 0 Å². The molecule has 0 aliphatic heterocycles. The normalized spacial score (nSPS) is 13.1.